The quantitative estimate of drug-likeness (QED) is 0.403. The van der Waals surface area contributed by atoms with E-state index in [-0.39, 0.29) is 28.3 Å². The zero-order valence-corrected chi connectivity index (χ0v) is 16.4. The number of carbonyl (C=O) groups excluding carboxylic acids is 1. The summed E-state index contributed by atoms with van der Waals surface area (Å²) in [4.78, 5) is 12.4. The van der Waals surface area contributed by atoms with Crippen molar-refractivity contribution in [2.45, 2.75) is 5.22 Å². The van der Waals surface area contributed by atoms with E-state index in [0.29, 0.717) is 17.2 Å². The van der Waals surface area contributed by atoms with E-state index in [4.69, 9.17) is 9.15 Å². The molecule has 4 aromatic rings. The number of thioether (sulfide) groups is 1. The van der Waals surface area contributed by atoms with Crippen LogP contribution in [-0.2, 0) is 4.79 Å². The average molecular weight is 421 g/mol. The van der Waals surface area contributed by atoms with Gasteiger partial charge in [0, 0.05) is 0 Å². The van der Waals surface area contributed by atoms with Gasteiger partial charge < -0.3 is 14.5 Å². The van der Waals surface area contributed by atoms with Crippen molar-refractivity contribution < 1.29 is 18.3 Å². The van der Waals surface area contributed by atoms with E-state index in [1.807, 2.05) is 36.4 Å². The molecule has 0 aliphatic rings. The monoisotopic (exact) mass is 421 g/mol. The predicted octanol–water partition coefficient (Wildman–Crippen LogP) is 5.40. The van der Waals surface area contributed by atoms with Crippen LogP contribution in [0.15, 0.2) is 88.5 Å². The lowest BCUT2D eigenvalue weighted by Crippen LogP contribution is -2.14. The molecular formula is C22H16FN3O3S. The van der Waals surface area contributed by atoms with Gasteiger partial charge in [0.2, 0.25) is 5.91 Å². The van der Waals surface area contributed by atoms with Gasteiger partial charge in [0.05, 0.1) is 17.0 Å². The number of halogens is 1. The number of anilines is 1. The molecule has 8 heteroatoms. The first-order chi connectivity index (χ1) is 14.7. The summed E-state index contributed by atoms with van der Waals surface area (Å²) in [5, 5.41) is 10.7. The fourth-order valence-electron chi connectivity index (χ4n) is 2.60. The SMILES string of the molecule is O=C(CSc1nnc(-c2ccccc2F)o1)Nc1ccccc1Oc1ccccc1. The second-order valence-electron chi connectivity index (χ2n) is 6.10. The fraction of sp³-hybridized carbons (Fsp3) is 0.0455. The molecule has 3 aromatic carbocycles. The van der Waals surface area contributed by atoms with Crippen LogP contribution < -0.4 is 10.1 Å². The van der Waals surface area contributed by atoms with E-state index in [1.165, 1.54) is 6.07 Å². The van der Waals surface area contributed by atoms with Gasteiger partial charge in [0.1, 0.15) is 11.6 Å². The Kier molecular flexibility index (Phi) is 6.05. The highest BCUT2D eigenvalue weighted by atomic mass is 32.2. The number of carbonyl (C=O) groups is 1. The van der Waals surface area contributed by atoms with Crippen molar-refractivity contribution in [1.82, 2.24) is 10.2 Å². The van der Waals surface area contributed by atoms with E-state index in [9.17, 15) is 9.18 Å². The Morgan fingerprint density at radius 1 is 0.967 bits per heavy atom. The summed E-state index contributed by atoms with van der Waals surface area (Å²) in [7, 11) is 0. The number of aromatic nitrogens is 2. The molecule has 30 heavy (non-hydrogen) atoms. The second kappa shape index (κ2) is 9.23. The largest absolute Gasteiger partial charge is 0.455 e. The molecule has 0 aliphatic heterocycles. The Hall–Kier alpha value is -3.65. The van der Waals surface area contributed by atoms with Gasteiger partial charge in [-0.15, -0.1) is 10.2 Å². The van der Waals surface area contributed by atoms with Crippen LogP contribution in [-0.4, -0.2) is 21.9 Å². The third kappa shape index (κ3) is 4.84. The maximum atomic E-state index is 13.8. The maximum Gasteiger partial charge on any atom is 0.277 e. The Balaban J connectivity index is 1.38. The van der Waals surface area contributed by atoms with Crippen LogP contribution in [0.2, 0.25) is 0 Å². The van der Waals surface area contributed by atoms with Gasteiger partial charge in [-0.25, -0.2) is 4.39 Å². The Labute approximate surface area is 176 Å². The number of nitrogens with zero attached hydrogens (tertiary/aromatic N) is 2. The van der Waals surface area contributed by atoms with Gasteiger partial charge in [0.25, 0.3) is 11.1 Å². The minimum atomic E-state index is -0.453. The Morgan fingerprint density at radius 2 is 1.70 bits per heavy atom. The summed E-state index contributed by atoms with van der Waals surface area (Å²) < 4.78 is 25.1. The van der Waals surface area contributed by atoms with Crippen molar-refractivity contribution in [2.75, 3.05) is 11.1 Å². The molecular weight excluding hydrogens is 405 g/mol. The lowest BCUT2D eigenvalue weighted by atomic mass is 10.2. The van der Waals surface area contributed by atoms with Gasteiger partial charge in [-0.1, -0.05) is 54.2 Å². The van der Waals surface area contributed by atoms with Crippen LogP contribution in [0, 0.1) is 5.82 Å². The molecule has 0 saturated heterocycles. The van der Waals surface area contributed by atoms with Crippen LogP contribution in [0.3, 0.4) is 0 Å². The van der Waals surface area contributed by atoms with Gasteiger partial charge in [0.15, 0.2) is 5.75 Å². The molecule has 4 rings (SSSR count). The van der Waals surface area contributed by atoms with E-state index in [2.05, 4.69) is 15.5 Å². The smallest absolute Gasteiger partial charge is 0.277 e. The third-order valence-electron chi connectivity index (χ3n) is 3.97. The van der Waals surface area contributed by atoms with E-state index in [0.717, 1.165) is 11.8 Å². The minimum Gasteiger partial charge on any atom is -0.455 e. The van der Waals surface area contributed by atoms with Crippen molar-refractivity contribution in [3.05, 3.63) is 84.7 Å². The second-order valence-corrected chi connectivity index (χ2v) is 7.03. The minimum absolute atomic E-state index is 0.0403. The third-order valence-corrected chi connectivity index (χ3v) is 4.79. The first-order valence-corrected chi connectivity index (χ1v) is 10.0. The van der Waals surface area contributed by atoms with E-state index in [1.54, 1.807) is 36.4 Å². The predicted molar refractivity (Wildman–Crippen MR) is 112 cm³/mol. The molecule has 0 bridgehead atoms. The van der Waals surface area contributed by atoms with Crippen LogP contribution in [0.1, 0.15) is 0 Å². The first-order valence-electron chi connectivity index (χ1n) is 9.02. The number of amides is 1. The first kappa shape index (κ1) is 19.7. The summed E-state index contributed by atoms with van der Waals surface area (Å²) >= 11 is 1.06. The topological polar surface area (TPSA) is 77.2 Å². The van der Waals surface area contributed by atoms with E-state index >= 15 is 0 Å². The van der Waals surface area contributed by atoms with Crippen molar-refractivity contribution in [3.63, 3.8) is 0 Å². The molecule has 0 aliphatic carbocycles. The molecule has 0 radical (unpaired) electrons. The molecule has 0 unspecified atom stereocenters. The van der Waals surface area contributed by atoms with Crippen LogP contribution in [0.5, 0.6) is 11.5 Å². The molecule has 0 spiro atoms. The Bertz CT molecular complexity index is 1150. The Morgan fingerprint density at radius 3 is 2.53 bits per heavy atom. The summed E-state index contributed by atoms with van der Waals surface area (Å²) in [5.74, 6) is 0.582. The van der Waals surface area contributed by atoms with Crippen molar-refractivity contribution >= 4 is 23.4 Å². The van der Waals surface area contributed by atoms with Crippen LogP contribution >= 0.6 is 11.8 Å². The standard InChI is InChI=1S/C22H16FN3O3S/c23-17-11-5-4-10-16(17)21-25-26-22(29-21)30-14-20(27)24-18-12-6-7-13-19(18)28-15-8-2-1-3-9-15/h1-13H,14H2,(H,24,27). The summed E-state index contributed by atoms with van der Waals surface area (Å²) in [6.07, 6.45) is 0. The molecule has 1 N–H and O–H groups in total. The van der Waals surface area contributed by atoms with Crippen LogP contribution in [0.25, 0.3) is 11.5 Å². The van der Waals surface area contributed by atoms with E-state index < -0.39 is 5.82 Å². The zero-order chi connectivity index (χ0) is 20.8. The molecule has 1 aromatic heterocycles. The number of hydrogen-bond acceptors (Lipinski definition) is 6. The molecule has 1 heterocycles. The van der Waals surface area contributed by atoms with Gasteiger partial charge in [-0.3, -0.25) is 4.79 Å². The fourth-order valence-corrected chi connectivity index (χ4v) is 3.16. The number of nitrogens with one attached hydrogen (secondary N) is 1. The number of benzene rings is 3. The van der Waals surface area contributed by atoms with Gasteiger partial charge >= 0.3 is 0 Å². The highest BCUT2D eigenvalue weighted by Crippen LogP contribution is 2.30. The zero-order valence-electron chi connectivity index (χ0n) is 15.6. The van der Waals surface area contributed by atoms with Gasteiger partial charge in [-0.2, -0.15) is 0 Å². The lowest BCUT2D eigenvalue weighted by Gasteiger charge is -2.11. The van der Waals surface area contributed by atoms with Crippen molar-refractivity contribution in [2.24, 2.45) is 0 Å². The van der Waals surface area contributed by atoms with Crippen molar-refractivity contribution in [1.29, 1.82) is 0 Å². The molecule has 6 nitrogen and oxygen atoms in total. The molecule has 0 fully saturated rings. The maximum absolute atomic E-state index is 13.8. The van der Waals surface area contributed by atoms with Crippen LogP contribution in [0.4, 0.5) is 10.1 Å². The average Bonchev–Trinajstić information content (AvgIpc) is 3.24. The summed E-state index contributed by atoms with van der Waals surface area (Å²) in [6.45, 7) is 0. The number of ether oxygens (including phenoxy) is 1. The molecule has 150 valence electrons. The molecule has 1 amide bonds. The number of para-hydroxylation sites is 3. The number of rotatable bonds is 7. The normalized spacial score (nSPS) is 10.6. The van der Waals surface area contributed by atoms with Gasteiger partial charge in [-0.05, 0) is 36.4 Å². The molecule has 0 saturated carbocycles. The highest BCUT2D eigenvalue weighted by Gasteiger charge is 2.15. The molecule has 0 atom stereocenters. The van der Waals surface area contributed by atoms with Crippen molar-refractivity contribution in [3.8, 4) is 23.0 Å². The lowest BCUT2D eigenvalue weighted by molar-refractivity contribution is -0.113. The number of hydrogen-bond donors (Lipinski definition) is 1. The summed E-state index contributed by atoms with van der Waals surface area (Å²) in [6, 6.07) is 22.6. The summed E-state index contributed by atoms with van der Waals surface area (Å²) in [5.41, 5.74) is 0.762. The highest BCUT2D eigenvalue weighted by molar-refractivity contribution is 7.99.